The van der Waals surface area contributed by atoms with E-state index in [1.54, 1.807) is 13.8 Å². The van der Waals surface area contributed by atoms with Crippen molar-refractivity contribution in [3.8, 4) is 6.07 Å². The van der Waals surface area contributed by atoms with Crippen molar-refractivity contribution in [1.82, 2.24) is 5.32 Å². The van der Waals surface area contributed by atoms with Crippen LogP contribution in [0.15, 0.2) is 30.3 Å². The average Bonchev–Trinajstić information content (AvgIpc) is 2.61. The zero-order valence-electron chi connectivity index (χ0n) is 14.3. The monoisotopic (exact) mass is 328 g/mol. The van der Waals surface area contributed by atoms with Crippen molar-refractivity contribution in [3.63, 3.8) is 0 Å². The number of nitrogens with one attached hydrogen (secondary N) is 1. The molecule has 0 saturated heterocycles. The van der Waals surface area contributed by atoms with E-state index in [0.717, 1.165) is 24.8 Å². The number of nitriles is 1. The minimum atomic E-state index is -0.834. The molecule has 0 bridgehead atoms. The molecule has 1 amide bonds. The first-order valence-corrected chi connectivity index (χ1v) is 8.35. The van der Waals surface area contributed by atoms with E-state index in [1.807, 2.05) is 30.3 Å². The number of carbonyl (C=O) groups excluding carboxylic acids is 2. The van der Waals surface area contributed by atoms with E-state index < -0.39 is 22.8 Å². The molecule has 24 heavy (non-hydrogen) atoms. The Kier molecular flexibility index (Phi) is 5.61. The maximum atomic E-state index is 12.3. The van der Waals surface area contributed by atoms with Crippen LogP contribution in [0.1, 0.15) is 51.5 Å². The fourth-order valence-electron chi connectivity index (χ4n) is 3.01. The molecular weight excluding hydrogens is 304 g/mol. The molecule has 1 aliphatic rings. The molecule has 0 aromatic heterocycles. The summed E-state index contributed by atoms with van der Waals surface area (Å²) in [5.41, 5.74) is -0.813. The number of hydrogen-bond acceptors (Lipinski definition) is 4. The maximum Gasteiger partial charge on any atom is 0.316 e. The van der Waals surface area contributed by atoms with Gasteiger partial charge in [-0.3, -0.25) is 9.59 Å². The van der Waals surface area contributed by atoms with Crippen molar-refractivity contribution in [2.45, 2.75) is 56.9 Å². The summed E-state index contributed by atoms with van der Waals surface area (Å²) in [6, 6.07) is 11.5. The van der Waals surface area contributed by atoms with Crippen LogP contribution in [0.5, 0.6) is 0 Å². The van der Waals surface area contributed by atoms with E-state index in [1.165, 1.54) is 0 Å². The predicted octanol–water partition coefficient (Wildman–Crippen LogP) is 2.85. The van der Waals surface area contributed by atoms with Crippen LogP contribution in [0.4, 0.5) is 0 Å². The highest BCUT2D eigenvalue weighted by molar-refractivity contribution is 5.86. The number of nitrogens with zero attached hydrogens (tertiary/aromatic N) is 1. The smallest absolute Gasteiger partial charge is 0.316 e. The van der Waals surface area contributed by atoms with Gasteiger partial charge in [0.15, 0.2) is 6.61 Å². The standard InChI is InChI=1S/C19H24N2O3/c1-18(2,15-9-5-3-6-10-15)17(23)24-13-16(22)21-19(14-20)11-7-4-8-12-19/h3,5-6,9-10H,4,7-8,11-13H2,1-2H3,(H,21,22). The van der Waals surface area contributed by atoms with E-state index in [0.29, 0.717) is 12.8 Å². The van der Waals surface area contributed by atoms with Crippen LogP contribution in [0.25, 0.3) is 0 Å². The highest BCUT2D eigenvalue weighted by atomic mass is 16.5. The van der Waals surface area contributed by atoms with Crippen molar-refractivity contribution in [2.75, 3.05) is 6.61 Å². The molecule has 0 heterocycles. The molecule has 1 N–H and O–H groups in total. The lowest BCUT2D eigenvalue weighted by atomic mass is 9.83. The maximum absolute atomic E-state index is 12.3. The number of benzene rings is 1. The van der Waals surface area contributed by atoms with Crippen LogP contribution < -0.4 is 5.32 Å². The third-order valence-electron chi connectivity index (χ3n) is 4.64. The molecule has 1 aliphatic carbocycles. The zero-order valence-corrected chi connectivity index (χ0v) is 14.3. The Balaban J connectivity index is 1.91. The molecule has 0 aliphatic heterocycles. The third-order valence-corrected chi connectivity index (χ3v) is 4.64. The molecule has 0 atom stereocenters. The number of carbonyl (C=O) groups is 2. The van der Waals surface area contributed by atoms with Gasteiger partial charge in [-0.15, -0.1) is 0 Å². The van der Waals surface area contributed by atoms with Gasteiger partial charge in [-0.25, -0.2) is 0 Å². The summed E-state index contributed by atoms with van der Waals surface area (Å²) in [6.45, 7) is 3.17. The Hall–Kier alpha value is -2.35. The van der Waals surface area contributed by atoms with Crippen LogP contribution >= 0.6 is 0 Å². The first-order valence-electron chi connectivity index (χ1n) is 8.35. The summed E-state index contributed by atoms with van der Waals surface area (Å²) in [5, 5.41) is 12.1. The van der Waals surface area contributed by atoms with Gasteiger partial charge in [0.1, 0.15) is 5.54 Å². The third kappa shape index (κ3) is 4.14. The van der Waals surface area contributed by atoms with Gasteiger partial charge in [0.25, 0.3) is 5.91 Å². The summed E-state index contributed by atoms with van der Waals surface area (Å²) in [4.78, 5) is 24.4. The van der Waals surface area contributed by atoms with Crippen LogP contribution in [-0.2, 0) is 19.7 Å². The highest BCUT2D eigenvalue weighted by Gasteiger charge is 2.35. The highest BCUT2D eigenvalue weighted by Crippen LogP contribution is 2.28. The van der Waals surface area contributed by atoms with Gasteiger partial charge in [-0.2, -0.15) is 5.26 Å². The lowest BCUT2D eigenvalue weighted by molar-refractivity contribution is -0.153. The summed E-state index contributed by atoms with van der Waals surface area (Å²) in [6.07, 6.45) is 4.24. The van der Waals surface area contributed by atoms with Crippen molar-refractivity contribution in [3.05, 3.63) is 35.9 Å². The second-order valence-electron chi connectivity index (χ2n) is 6.87. The minimum absolute atomic E-state index is 0.363. The normalized spacial score (nSPS) is 16.7. The molecule has 0 radical (unpaired) electrons. The molecule has 1 fully saturated rings. The second-order valence-corrected chi connectivity index (χ2v) is 6.87. The molecule has 2 rings (SSSR count). The van der Waals surface area contributed by atoms with E-state index in [-0.39, 0.29) is 6.61 Å². The molecule has 0 unspecified atom stereocenters. The van der Waals surface area contributed by atoms with Gasteiger partial charge in [0, 0.05) is 0 Å². The fraction of sp³-hybridized carbons (Fsp3) is 0.526. The SMILES string of the molecule is CC(C)(C(=O)OCC(=O)NC1(C#N)CCCCC1)c1ccccc1. The summed E-state index contributed by atoms with van der Waals surface area (Å²) in [7, 11) is 0. The largest absolute Gasteiger partial charge is 0.455 e. The predicted molar refractivity (Wildman–Crippen MR) is 90.0 cm³/mol. The lowest BCUT2D eigenvalue weighted by Crippen LogP contribution is -2.50. The Labute approximate surface area is 143 Å². The van der Waals surface area contributed by atoms with Crippen LogP contribution in [0, 0.1) is 11.3 Å². The summed E-state index contributed by atoms with van der Waals surface area (Å²) < 4.78 is 5.19. The van der Waals surface area contributed by atoms with Crippen molar-refractivity contribution >= 4 is 11.9 Å². The second kappa shape index (κ2) is 7.48. The molecular formula is C19H24N2O3. The molecule has 5 nitrogen and oxygen atoms in total. The van der Waals surface area contributed by atoms with Gasteiger partial charge >= 0.3 is 5.97 Å². The Morgan fingerprint density at radius 1 is 1.21 bits per heavy atom. The van der Waals surface area contributed by atoms with Crippen molar-refractivity contribution < 1.29 is 14.3 Å². The Morgan fingerprint density at radius 2 is 1.83 bits per heavy atom. The van der Waals surface area contributed by atoms with E-state index in [9.17, 15) is 14.9 Å². The molecule has 0 spiro atoms. The lowest BCUT2D eigenvalue weighted by Gasteiger charge is -2.31. The number of esters is 1. The quantitative estimate of drug-likeness (QED) is 0.843. The van der Waals surface area contributed by atoms with Crippen molar-refractivity contribution in [1.29, 1.82) is 5.26 Å². The molecule has 1 saturated carbocycles. The average molecular weight is 328 g/mol. The zero-order chi connectivity index (χ0) is 17.6. The molecule has 1 aromatic rings. The Bertz CT molecular complexity index is 626. The van der Waals surface area contributed by atoms with Gasteiger partial charge < -0.3 is 10.1 Å². The number of amides is 1. The number of ether oxygens (including phenoxy) is 1. The minimum Gasteiger partial charge on any atom is -0.455 e. The fourth-order valence-corrected chi connectivity index (χ4v) is 3.01. The first-order chi connectivity index (χ1) is 11.4. The van der Waals surface area contributed by atoms with Gasteiger partial charge in [-0.1, -0.05) is 49.6 Å². The van der Waals surface area contributed by atoms with Crippen LogP contribution in [0.3, 0.4) is 0 Å². The molecule has 1 aromatic carbocycles. The number of rotatable bonds is 5. The Morgan fingerprint density at radius 3 is 2.42 bits per heavy atom. The van der Waals surface area contributed by atoms with Crippen LogP contribution in [0.2, 0.25) is 0 Å². The topological polar surface area (TPSA) is 79.2 Å². The van der Waals surface area contributed by atoms with Crippen molar-refractivity contribution in [2.24, 2.45) is 0 Å². The summed E-state index contributed by atoms with van der Waals surface area (Å²) >= 11 is 0. The van der Waals surface area contributed by atoms with Gasteiger partial charge in [-0.05, 0) is 32.3 Å². The van der Waals surface area contributed by atoms with Gasteiger partial charge in [0.05, 0.1) is 11.5 Å². The molecule has 5 heteroatoms. The van der Waals surface area contributed by atoms with E-state index in [2.05, 4.69) is 11.4 Å². The van der Waals surface area contributed by atoms with E-state index in [4.69, 9.17) is 4.74 Å². The van der Waals surface area contributed by atoms with E-state index >= 15 is 0 Å². The van der Waals surface area contributed by atoms with Gasteiger partial charge in [0.2, 0.25) is 0 Å². The first kappa shape index (κ1) is 18.0. The van der Waals surface area contributed by atoms with Crippen LogP contribution in [-0.4, -0.2) is 24.0 Å². The number of hydrogen-bond donors (Lipinski definition) is 1. The summed E-state index contributed by atoms with van der Waals surface area (Å²) in [5.74, 6) is -0.880. The molecule has 128 valence electrons.